The van der Waals surface area contributed by atoms with E-state index in [9.17, 15) is 0 Å². The van der Waals surface area contributed by atoms with Gasteiger partial charge in [-0.1, -0.05) is 18.2 Å². The molecule has 0 aliphatic rings. The van der Waals surface area contributed by atoms with Crippen LogP contribution in [0, 0.1) is 0 Å². The minimum absolute atomic E-state index is 0.0590. The van der Waals surface area contributed by atoms with Gasteiger partial charge >= 0.3 is 0 Å². The molecule has 0 saturated heterocycles. The Morgan fingerprint density at radius 2 is 2.00 bits per heavy atom. The number of methoxy groups -OCH3 is 1. The number of hydrogen-bond donors (Lipinski definition) is 1. The summed E-state index contributed by atoms with van der Waals surface area (Å²) < 4.78 is 10.4. The lowest BCUT2D eigenvalue weighted by molar-refractivity contribution is 0.167. The number of nitrogens with two attached hydrogens (primary N) is 1. The lowest BCUT2D eigenvalue weighted by Crippen LogP contribution is -2.27. The van der Waals surface area contributed by atoms with Crippen LogP contribution in [-0.4, -0.2) is 26.4 Å². The highest BCUT2D eigenvalue weighted by molar-refractivity contribution is 5.20. The van der Waals surface area contributed by atoms with Crippen molar-refractivity contribution >= 4 is 0 Å². The SMILES string of the molecule is COCC(N)CCOc1ccccc1. The van der Waals surface area contributed by atoms with Crippen LogP contribution < -0.4 is 10.5 Å². The molecule has 0 bridgehead atoms. The van der Waals surface area contributed by atoms with E-state index in [1.54, 1.807) is 7.11 Å². The lowest BCUT2D eigenvalue weighted by Gasteiger charge is -2.11. The Balaban J connectivity index is 2.16. The fraction of sp³-hybridized carbons (Fsp3) is 0.455. The van der Waals surface area contributed by atoms with Crippen LogP contribution in [-0.2, 0) is 4.74 Å². The van der Waals surface area contributed by atoms with Crippen molar-refractivity contribution in [3.05, 3.63) is 30.3 Å². The van der Waals surface area contributed by atoms with Crippen LogP contribution in [0.3, 0.4) is 0 Å². The normalized spacial score (nSPS) is 12.4. The molecule has 3 heteroatoms. The van der Waals surface area contributed by atoms with Crippen molar-refractivity contribution in [1.29, 1.82) is 0 Å². The molecule has 0 aromatic heterocycles. The average Bonchev–Trinajstić information content (AvgIpc) is 2.20. The summed E-state index contributed by atoms with van der Waals surface area (Å²) in [5.41, 5.74) is 5.74. The Labute approximate surface area is 84.8 Å². The number of para-hydroxylation sites is 1. The van der Waals surface area contributed by atoms with E-state index in [2.05, 4.69) is 0 Å². The van der Waals surface area contributed by atoms with Crippen LogP contribution in [0.25, 0.3) is 0 Å². The second kappa shape index (κ2) is 6.40. The van der Waals surface area contributed by atoms with Crippen molar-refractivity contribution in [3.8, 4) is 5.75 Å². The Bertz CT molecular complexity index is 238. The molecular weight excluding hydrogens is 178 g/mol. The van der Waals surface area contributed by atoms with Gasteiger partial charge in [0.1, 0.15) is 5.75 Å². The molecule has 0 spiro atoms. The minimum atomic E-state index is 0.0590. The highest BCUT2D eigenvalue weighted by atomic mass is 16.5. The first-order chi connectivity index (χ1) is 6.83. The first kappa shape index (κ1) is 11.0. The molecule has 78 valence electrons. The third kappa shape index (κ3) is 4.25. The van der Waals surface area contributed by atoms with Gasteiger partial charge in [-0.05, 0) is 18.6 Å². The molecule has 1 unspecified atom stereocenters. The van der Waals surface area contributed by atoms with E-state index in [0.717, 1.165) is 12.2 Å². The second-order valence-corrected chi connectivity index (χ2v) is 3.17. The Hall–Kier alpha value is -1.06. The second-order valence-electron chi connectivity index (χ2n) is 3.17. The van der Waals surface area contributed by atoms with Gasteiger partial charge in [-0.3, -0.25) is 0 Å². The largest absolute Gasteiger partial charge is 0.494 e. The molecule has 0 aliphatic carbocycles. The number of benzene rings is 1. The van der Waals surface area contributed by atoms with Gasteiger partial charge in [-0.15, -0.1) is 0 Å². The summed E-state index contributed by atoms with van der Waals surface area (Å²) in [7, 11) is 1.65. The van der Waals surface area contributed by atoms with Crippen LogP contribution >= 0.6 is 0 Å². The molecule has 0 radical (unpaired) electrons. The first-order valence-corrected chi connectivity index (χ1v) is 4.75. The molecule has 1 atom stereocenters. The van der Waals surface area contributed by atoms with Crippen LogP contribution in [0.1, 0.15) is 6.42 Å². The molecule has 0 saturated carbocycles. The smallest absolute Gasteiger partial charge is 0.119 e. The fourth-order valence-electron chi connectivity index (χ4n) is 1.14. The molecule has 0 aliphatic heterocycles. The van der Waals surface area contributed by atoms with Crippen molar-refractivity contribution in [1.82, 2.24) is 0 Å². The third-order valence-corrected chi connectivity index (χ3v) is 1.88. The number of ether oxygens (including phenoxy) is 2. The Morgan fingerprint density at radius 3 is 2.64 bits per heavy atom. The van der Waals surface area contributed by atoms with Gasteiger partial charge in [0.2, 0.25) is 0 Å². The monoisotopic (exact) mass is 195 g/mol. The van der Waals surface area contributed by atoms with E-state index < -0.39 is 0 Å². The van der Waals surface area contributed by atoms with Crippen LogP contribution in [0.2, 0.25) is 0 Å². The molecule has 1 aromatic rings. The van der Waals surface area contributed by atoms with E-state index in [1.807, 2.05) is 30.3 Å². The fourth-order valence-corrected chi connectivity index (χ4v) is 1.14. The van der Waals surface area contributed by atoms with Gasteiger partial charge in [0.15, 0.2) is 0 Å². The summed E-state index contributed by atoms with van der Waals surface area (Å²) >= 11 is 0. The van der Waals surface area contributed by atoms with Crippen molar-refractivity contribution in [2.24, 2.45) is 5.73 Å². The van der Waals surface area contributed by atoms with E-state index >= 15 is 0 Å². The van der Waals surface area contributed by atoms with Gasteiger partial charge in [0.05, 0.1) is 13.2 Å². The molecule has 2 N–H and O–H groups in total. The van der Waals surface area contributed by atoms with Crippen LogP contribution in [0.4, 0.5) is 0 Å². The van der Waals surface area contributed by atoms with Gasteiger partial charge < -0.3 is 15.2 Å². The Kier molecular flexibility index (Phi) is 5.04. The van der Waals surface area contributed by atoms with E-state index in [-0.39, 0.29) is 6.04 Å². The quantitative estimate of drug-likeness (QED) is 0.746. The molecule has 0 amide bonds. The van der Waals surface area contributed by atoms with Crippen molar-refractivity contribution in [3.63, 3.8) is 0 Å². The molecule has 1 rings (SSSR count). The maximum absolute atomic E-state index is 5.74. The summed E-state index contributed by atoms with van der Waals surface area (Å²) in [5.74, 6) is 0.886. The number of rotatable bonds is 6. The summed E-state index contributed by atoms with van der Waals surface area (Å²) in [6, 6.07) is 9.78. The van der Waals surface area contributed by atoms with Gasteiger partial charge in [0, 0.05) is 13.2 Å². The van der Waals surface area contributed by atoms with Crippen molar-refractivity contribution in [2.75, 3.05) is 20.3 Å². The highest BCUT2D eigenvalue weighted by Gasteiger charge is 2.01. The maximum atomic E-state index is 5.74. The average molecular weight is 195 g/mol. The summed E-state index contributed by atoms with van der Waals surface area (Å²) in [4.78, 5) is 0. The third-order valence-electron chi connectivity index (χ3n) is 1.88. The van der Waals surface area contributed by atoms with Gasteiger partial charge in [0.25, 0.3) is 0 Å². The zero-order valence-corrected chi connectivity index (χ0v) is 8.48. The zero-order valence-electron chi connectivity index (χ0n) is 8.48. The summed E-state index contributed by atoms with van der Waals surface area (Å²) in [6.07, 6.45) is 0.808. The molecule has 3 nitrogen and oxygen atoms in total. The highest BCUT2D eigenvalue weighted by Crippen LogP contribution is 2.08. The van der Waals surface area contributed by atoms with Gasteiger partial charge in [-0.2, -0.15) is 0 Å². The van der Waals surface area contributed by atoms with Crippen molar-refractivity contribution < 1.29 is 9.47 Å². The standard InChI is InChI=1S/C11H17NO2/c1-13-9-10(12)7-8-14-11-5-3-2-4-6-11/h2-6,10H,7-9,12H2,1H3. The molecule has 0 heterocycles. The van der Waals surface area contributed by atoms with Crippen LogP contribution in [0.5, 0.6) is 5.75 Å². The van der Waals surface area contributed by atoms with E-state index in [1.165, 1.54) is 0 Å². The predicted molar refractivity (Wildman–Crippen MR) is 56.4 cm³/mol. The first-order valence-electron chi connectivity index (χ1n) is 4.75. The maximum Gasteiger partial charge on any atom is 0.119 e. The minimum Gasteiger partial charge on any atom is -0.494 e. The predicted octanol–water partition coefficient (Wildman–Crippen LogP) is 1.43. The molecule has 1 aromatic carbocycles. The molecular formula is C11H17NO2. The summed E-state index contributed by atoms with van der Waals surface area (Å²) in [5, 5.41) is 0. The van der Waals surface area contributed by atoms with E-state index in [4.69, 9.17) is 15.2 Å². The summed E-state index contributed by atoms with van der Waals surface area (Å²) in [6.45, 7) is 1.21. The van der Waals surface area contributed by atoms with Crippen LogP contribution in [0.15, 0.2) is 30.3 Å². The lowest BCUT2D eigenvalue weighted by atomic mass is 10.2. The Morgan fingerprint density at radius 1 is 1.29 bits per heavy atom. The van der Waals surface area contributed by atoms with E-state index in [0.29, 0.717) is 13.2 Å². The van der Waals surface area contributed by atoms with Crippen molar-refractivity contribution in [2.45, 2.75) is 12.5 Å². The zero-order chi connectivity index (χ0) is 10.2. The van der Waals surface area contributed by atoms with Gasteiger partial charge in [-0.25, -0.2) is 0 Å². The number of hydrogen-bond acceptors (Lipinski definition) is 3. The topological polar surface area (TPSA) is 44.5 Å². The molecule has 14 heavy (non-hydrogen) atoms. The molecule has 0 fully saturated rings.